The Morgan fingerprint density at radius 3 is 3.05 bits per heavy atom. The predicted molar refractivity (Wildman–Crippen MR) is 75.5 cm³/mol. The first kappa shape index (κ1) is 12.9. The molecular weight excluding hydrogens is 280 g/mol. The maximum atomic E-state index is 12.3. The molecule has 3 rings (SSSR count). The highest BCUT2D eigenvalue weighted by Gasteiger charge is 2.33. The van der Waals surface area contributed by atoms with Crippen LogP contribution in [0.5, 0.6) is 0 Å². The second-order valence-electron chi connectivity index (χ2n) is 4.84. The first-order chi connectivity index (χ1) is 9.56. The SMILES string of the molecule is CN1C(=O)CCC1C(=O)Nc1cc(Cl)cc2cn[nH]c12. The number of halogens is 1. The van der Waals surface area contributed by atoms with Crippen molar-refractivity contribution in [2.24, 2.45) is 0 Å². The van der Waals surface area contributed by atoms with Gasteiger partial charge in [0.2, 0.25) is 11.8 Å². The van der Waals surface area contributed by atoms with Crippen molar-refractivity contribution in [2.75, 3.05) is 12.4 Å². The van der Waals surface area contributed by atoms with Crippen LogP contribution < -0.4 is 5.32 Å². The number of nitrogens with zero attached hydrogens (tertiary/aromatic N) is 2. The van der Waals surface area contributed by atoms with Gasteiger partial charge in [-0.05, 0) is 18.6 Å². The zero-order valence-corrected chi connectivity index (χ0v) is 11.6. The summed E-state index contributed by atoms with van der Waals surface area (Å²) in [5, 5.41) is 10.9. The van der Waals surface area contributed by atoms with Crippen LogP contribution in [0.4, 0.5) is 5.69 Å². The molecule has 2 heterocycles. The normalized spacial score (nSPS) is 18.8. The van der Waals surface area contributed by atoms with Gasteiger partial charge in [-0.1, -0.05) is 11.6 Å². The van der Waals surface area contributed by atoms with Gasteiger partial charge in [-0.25, -0.2) is 0 Å². The molecule has 6 nitrogen and oxygen atoms in total. The third kappa shape index (κ3) is 2.12. The van der Waals surface area contributed by atoms with Crippen LogP contribution in [0, 0.1) is 0 Å². The molecule has 20 heavy (non-hydrogen) atoms. The number of nitrogens with one attached hydrogen (secondary N) is 2. The highest BCUT2D eigenvalue weighted by Crippen LogP contribution is 2.27. The molecule has 1 aliphatic rings. The number of aromatic nitrogens is 2. The fourth-order valence-corrected chi connectivity index (χ4v) is 2.67. The summed E-state index contributed by atoms with van der Waals surface area (Å²) in [7, 11) is 1.64. The number of likely N-dealkylation sites (N-methyl/N-ethyl adjacent to an activating group) is 1. The topological polar surface area (TPSA) is 78.1 Å². The molecule has 104 valence electrons. The Hall–Kier alpha value is -2.08. The third-order valence-electron chi connectivity index (χ3n) is 3.57. The summed E-state index contributed by atoms with van der Waals surface area (Å²) in [6.45, 7) is 0. The molecule has 1 aliphatic heterocycles. The molecule has 0 saturated carbocycles. The summed E-state index contributed by atoms with van der Waals surface area (Å²) in [6.07, 6.45) is 2.58. The maximum Gasteiger partial charge on any atom is 0.247 e. The van der Waals surface area contributed by atoms with Gasteiger partial charge in [0.05, 0.1) is 17.4 Å². The summed E-state index contributed by atoms with van der Waals surface area (Å²) in [5.74, 6) is -0.223. The van der Waals surface area contributed by atoms with Gasteiger partial charge >= 0.3 is 0 Å². The minimum absolute atomic E-state index is 0.0112. The number of hydrogen-bond donors (Lipinski definition) is 2. The standard InChI is InChI=1S/C13H13ClN4O2/c1-18-10(2-3-11(18)19)13(20)16-9-5-8(14)4-7-6-15-17-12(7)9/h4-6,10H,2-3H2,1H3,(H,15,17)(H,16,20). The van der Waals surface area contributed by atoms with E-state index in [1.165, 1.54) is 4.90 Å². The van der Waals surface area contributed by atoms with Gasteiger partial charge in [0.1, 0.15) is 6.04 Å². The van der Waals surface area contributed by atoms with Crippen LogP contribution in [-0.4, -0.2) is 40.0 Å². The van der Waals surface area contributed by atoms with Gasteiger partial charge in [-0.2, -0.15) is 5.10 Å². The summed E-state index contributed by atoms with van der Waals surface area (Å²) < 4.78 is 0. The van der Waals surface area contributed by atoms with Gasteiger partial charge in [0, 0.05) is 23.9 Å². The number of aromatic amines is 1. The number of amides is 2. The van der Waals surface area contributed by atoms with Gasteiger partial charge in [0.25, 0.3) is 0 Å². The van der Waals surface area contributed by atoms with Crippen LogP contribution in [0.25, 0.3) is 10.9 Å². The molecule has 0 spiro atoms. The van der Waals surface area contributed by atoms with Crippen molar-refractivity contribution in [3.8, 4) is 0 Å². The molecule has 0 bridgehead atoms. The van der Waals surface area contributed by atoms with Crippen LogP contribution >= 0.6 is 11.6 Å². The quantitative estimate of drug-likeness (QED) is 0.885. The van der Waals surface area contributed by atoms with Crippen molar-refractivity contribution in [1.29, 1.82) is 0 Å². The van der Waals surface area contributed by atoms with Gasteiger partial charge in [-0.3, -0.25) is 14.7 Å². The van der Waals surface area contributed by atoms with Crippen molar-refractivity contribution in [3.63, 3.8) is 0 Å². The van der Waals surface area contributed by atoms with E-state index in [1.54, 1.807) is 25.4 Å². The fourth-order valence-electron chi connectivity index (χ4n) is 2.45. The summed E-state index contributed by atoms with van der Waals surface area (Å²) in [6, 6.07) is 3.00. The molecule has 1 unspecified atom stereocenters. The van der Waals surface area contributed by atoms with E-state index in [2.05, 4.69) is 15.5 Å². The molecule has 1 aromatic carbocycles. The van der Waals surface area contributed by atoms with E-state index in [-0.39, 0.29) is 11.8 Å². The van der Waals surface area contributed by atoms with Crippen molar-refractivity contribution in [3.05, 3.63) is 23.4 Å². The van der Waals surface area contributed by atoms with E-state index in [0.717, 1.165) is 10.9 Å². The Labute approximate surface area is 120 Å². The second-order valence-corrected chi connectivity index (χ2v) is 5.27. The van der Waals surface area contributed by atoms with Crippen LogP contribution in [0.15, 0.2) is 18.3 Å². The van der Waals surface area contributed by atoms with Gasteiger partial charge in [-0.15, -0.1) is 0 Å². The number of likely N-dealkylation sites (tertiary alicyclic amines) is 1. The molecule has 1 atom stereocenters. The molecule has 1 aromatic heterocycles. The Morgan fingerprint density at radius 1 is 1.55 bits per heavy atom. The zero-order valence-electron chi connectivity index (χ0n) is 10.8. The number of rotatable bonds is 2. The molecule has 1 fully saturated rings. The fraction of sp³-hybridized carbons (Fsp3) is 0.308. The third-order valence-corrected chi connectivity index (χ3v) is 3.78. The van der Waals surface area contributed by atoms with Crippen molar-refractivity contribution in [1.82, 2.24) is 15.1 Å². The van der Waals surface area contributed by atoms with E-state index in [9.17, 15) is 9.59 Å². The Bertz CT molecular complexity index is 697. The molecule has 0 radical (unpaired) electrons. The molecule has 2 amide bonds. The first-order valence-electron chi connectivity index (χ1n) is 6.25. The van der Waals surface area contributed by atoms with E-state index < -0.39 is 6.04 Å². The lowest BCUT2D eigenvalue weighted by molar-refractivity contribution is -0.131. The Kier molecular flexibility index (Phi) is 3.10. The van der Waals surface area contributed by atoms with Crippen LogP contribution in [0.1, 0.15) is 12.8 Å². The average Bonchev–Trinajstić information content (AvgIpc) is 2.97. The minimum atomic E-state index is -0.431. The molecule has 1 saturated heterocycles. The molecule has 0 aliphatic carbocycles. The van der Waals surface area contributed by atoms with Crippen LogP contribution in [0.2, 0.25) is 5.02 Å². The number of carbonyl (C=O) groups excluding carboxylic acids is 2. The second kappa shape index (κ2) is 4.79. The zero-order chi connectivity index (χ0) is 14.3. The van der Waals surface area contributed by atoms with Crippen molar-refractivity contribution < 1.29 is 9.59 Å². The molecular formula is C13H13ClN4O2. The van der Waals surface area contributed by atoms with E-state index >= 15 is 0 Å². The first-order valence-corrected chi connectivity index (χ1v) is 6.63. The van der Waals surface area contributed by atoms with E-state index in [1.807, 2.05) is 0 Å². The molecule has 7 heteroatoms. The lowest BCUT2D eigenvalue weighted by Gasteiger charge is -2.19. The van der Waals surface area contributed by atoms with Crippen molar-refractivity contribution in [2.45, 2.75) is 18.9 Å². The van der Waals surface area contributed by atoms with Gasteiger partial charge in [0.15, 0.2) is 0 Å². The van der Waals surface area contributed by atoms with Crippen LogP contribution in [-0.2, 0) is 9.59 Å². The van der Waals surface area contributed by atoms with Crippen molar-refractivity contribution >= 4 is 40.0 Å². The average molecular weight is 293 g/mol. The van der Waals surface area contributed by atoms with Crippen LogP contribution in [0.3, 0.4) is 0 Å². The van der Waals surface area contributed by atoms with Gasteiger partial charge < -0.3 is 10.2 Å². The molecule has 2 aromatic rings. The van der Waals surface area contributed by atoms with E-state index in [0.29, 0.717) is 23.6 Å². The summed E-state index contributed by atoms with van der Waals surface area (Å²) in [5.41, 5.74) is 1.29. The largest absolute Gasteiger partial charge is 0.334 e. The minimum Gasteiger partial charge on any atom is -0.334 e. The number of anilines is 1. The molecule has 2 N–H and O–H groups in total. The number of carbonyl (C=O) groups is 2. The highest BCUT2D eigenvalue weighted by atomic mass is 35.5. The predicted octanol–water partition coefficient (Wildman–Crippen LogP) is 1.78. The number of fused-ring (bicyclic) bond motifs is 1. The lowest BCUT2D eigenvalue weighted by Crippen LogP contribution is -2.38. The maximum absolute atomic E-state index is 12.3. The Morgan fingerprint density at radius 2 is 2.35 bits per heavy atom. The van der Waals surface area contributed by atoms with E-state index in [4.69, 9.17) is 11.6 Å². The summed E-state index contributed by atoms with van der Waals surface area (Å²) >= 11 is 6.02. The Balaban J connectivity index is 1.88. The lowest BCUT2D eigenvalue weighted by atomic mass is 10.2. The number of H-pyrrole nitrogens is 1. The smallest absolute Gasteiger partial charge is 0.247 e. The highest BCUT2D eigenvalue weighted by molar-refractivity contribution is 6.32. The number of hydrogen-bond acceptors (Lipinski definition) is 3. The summed E-state index contributed by atoms with van der Waals surface area (Å²) in [4.78, 5) is 25.2. The monoisotopic (exact) mass is 292 g/mol. The number of benzene rings is 1.